The zero-order valence-corrected chi connectivity index (χ0v) is 21.9. The molecule has 0 heterocycles. The first-order chi connectivity index (χ1) is 17.3. The second-order valence-electron chi connectivity index (χ2n) is 7.89. The van der Waals surface area contributed by atoms with Crippen LogP contribution in [0.1, 0.15) is 0 Å². The number of rotatable bonds is 4. The van der Waals surface area contributed by atoms with E-state index in [-0.39, 0.29) is 99.9 Å². The molecule has 0 amide bonds. The van der Waals surface area contributed by atoms with Gasteiger partial charge in [0.15, 0.2) is 23.3 Å². The Bertz CT molecular complexity index is 1340. The van der Waals surface area contributed by atoms with E-state index in [4.69, 9.17) is 0 Å². The van der Waals surface area contributed by atoms with Gasteiger partial charge >= 0.3 is 51.4 Å². The van der Waals surface area contributed by atoms with E-state index in [1.54, 1.807) is 0 Å². The van der Waals surface area contributed by atoms with Crippen molar-refractivity contribution in [1.82, 2.24) is 0 Å². The minimum atomic E-state index is -5.46. The standard InChI is InChI=1S/C24H8BF12.K/c26-9-1-5-13(30)21(34)17(9)25(18-10(27)2-6-14(31)22(18)35,19-11(28)3-7-15(32)23(19)36)20-12(29)4-8-16(33)24(20)37;/h1-8H;/q-1;+1. The van der Waals surface area contributed by atoms with Crippen LogP contribution >= 0.6 is 0 Å². The van der Waals surface area contributed by atoms with Gasteiger partial charge in [0, 0.05) is 0 Å². The molecule has 0 aliphatic rings. The molecule has 0 nitrogen and oxygen atoms in total. The van der Waals surface area contributed by atoms with E-state index in [9.17, 15) is 17.6 Å². The van der Waals surface area contributed by atoms with E-state index in [0.29, 0.717) is 0 Å². The van der Waals surface area contributed by atoms with Crippen LogP contribution in [0, 0.1) is 69.8 Å². The Hall–Kier alpha value is -2.26. The summed E-state index contributed by atoms with van der Waals surface area (Å²) in [5.41, 5.74) is -8.57. The molecule has 0 aliphatic carbocycles. The first-order valence-corrected chi connectivity index (χ1v) is 10.1. The monoisotopic (exact) mass is 574 g/mol. The SMILES string of the molecule is Fc1ccc(F)c([B-](c2c(F)ccc(F)c2F)(c2c(F)ccc(F)c2F)c2c(F)ccc(F)c2F)c1F.[K+]. The third-order valence-electron chi connectivity index (χ3n) is 6.05. The Morgan fingerprint density at radius 1 is 0.289 bits per heavy atom. The van der Waals surface area contributed by atoms with Crippen molar-refractivity contribution in [2.75, 3.05) is 0 Å². The molecule has 0 saturated heterocycles. The smallest absolute Gasteiger partial charge is 0.210 e. The quantitative estimate of drug-likeness (QED) is 0.198. The van der Waals surface area contributed by atoms with Crippen LogP contribution in [-0.2, 0) is 0 Å². The van der Waals surface area contributed by atoms with Gasteiger partial charge in [-0.2, -0.15) is 0 Å². The van der Waals surface area contributed by atoms with Crippen LogP contribution in [0.4, 0.5) is 52.7 Å². The fourth-order valence-electron chi connectivity index (χ4n) is 4.62. The number of hydrogen-bond acceptors (Lipinski definition) is 0. The summed E-state index contributed by atoms with van der Waals surface area (Å²) in [5, 5.41) is 0. The summed E-state index contributed by atoms with van der Waals surface area (Å²) in [6.07, 6.45) is -5.46. The molecule has 0 N–H and O–H groups in total. The largest absolute Gasteiger partial charge is 1.00 e. The van der Waals surface area contributed by atoms with Crippen molar-refractivity contribution in [3.8, 4) is 0 Å². The van der Waals surface area contributed by atoms with E-state index < -0.39 is 97.8 Å². The Kier molecular flexibility index (Phi) is 8.83. The van der Waals surface area contributed by atoms with Crippen molar-refractivity contribution in [1.29, 1.82) is 0 Å². The molecule has 0 bridgehead atoms. The van der Waals surface area contributed by atoms with E-state index in [1.807, 2.05) is 0 Å². The average Bonchev–Trinajstić information content (AvgIpc) is 2.84. The van der Waals surface area contributed by atoms with Gasteiger partial charge in [-0.1, -0.05) is 0 Å². The fourth-order valence-corrected chi connectivity index (χ4v) is 4.62. The van der Waals surface area contributed by atoms with Crippen molar-refractivity contribution >= 4 is 28.0 Å². The zero-order chi connectivity index (χ0) is 27.4. The summed E-state index contributed by atoms with van der Waals surface area (Å²) >= 11 is 0. The van der Waals surface area contributed by atoms with Crippen molar-refractivity contribution in [3.63, 3.8) is 0 Å². The Labute approximate surface area is 248 Å². The van der Waals surface area contributed by atoms with Crippen molar-refractivity contribution in [3.05, 3.63) is 118 Å². The molecule has 4 aromatic rings. The molecule has 0 saturated carbocycles. The van der Waals surface area contributed by atoms with Crippen molar-refractivity contribution in [2.24, 2.45) is 0 Å². The van der Waals surface area contributed by atoms with Gasteiger partial charge in [0.05, 0.1) is 23.3 Å². The number of hydrogen-bond donors (Lipinski definition) is 0. The molecule has 0 radical (unpaired) electrons. The second-order valence-corrected chi connectivity index (χ2v) is 7.89. The van der Waals surface area contributed by atoms with E-state index in [1.165, 1.54) is 0 Å². The number of benzene rings is 4. The molecule has 192 valence electrons. The van der Waals surface area contributed by atoms with E-state index in [0.717, 1.165) is 0 Å². The maximum Gasteiger partial charge on any atom is 1.00 e. The van der Waals surface area contributed by atoms with E-state index >= 15 is 35.1 Å². The summed E-state index contributed by atoms with van der Waals surface area (Å²) in [5.74, 6) is -26.6. The molecule has 4 aromatic carbocycles. The molecule has 38 heavy (non-hydrogen) atoms. The predicted molar refractivity (Wildman–Crippen MR) is 110 cm³/mol. The van der Waals surface area contributed by atoms with Crippen molar-refractivity contribution in [2.45, 2.75) is 0 Å². The van der Waals surface area contributed by atoms with E-state index in [2.05, 4.69) is 0 Å². The molecule has 4 rings (SSSR count). The minimum Gasteiger partial charge on any atom is -0.210 e. The zero-order valence-electron chi connectivity index (χ0n) is 18.7. The van der Waals surface area contributed by atoms with Crippen LogP contribution in [0.2, 0.25) is 0 Å². The first-order valence-electron chi connectivity index (χ1n) is 10.1. The molecular weight excluding hydrogens is 566 g/mol. The van der Waals surface area contributed by atoms with Gasteiger partial charge in [-0.25, -0.2) is 52.7 Å². The van der Waals surface area contributed by atoms with Gasteiger partial charge in [0.25, 0.3) is 0 Å². The molecule has 0 spiro atoms. The Balaban J connectivity index is 0.00000400. The molecule has 0 aliphatic heterocycles. The van der Waals surface area contributed by atoms with Gasteiger partial charge in [0.1, 0.15) is 29.4 Å². The molecule has 14 heteroatoms. The molecular formula is C24H8BF12K. The van der Waals surface area contributed by atoms with Crippen LogP contribution in [-0.4, -0.2) is 6.15 Å². The maximum atomic E-state index is 15.3. The van der Waals surface area contributed by atoms with Gasteiger partial charge in [0.2, 0.25) is 0 Å². The van der Waals surface area contributed by atoms with Crippen LogP contribution in [0.5, 0.6) is 0 Å². The average molecular weight is 574 g/mol. The summed E-state index contributed by atoms with van der Waals surface area (Å²) < 4.78 is 180. The Morgan fingerprint density at radius 3 is 0.632 bits per heavy atom. The van der Waals surface area contributed by atoms with Gasteiger partial charge in [-0.3, -0.25) is 0 Å². The molecule has 0 atom stereocenters. The number of halogens is 12. The van der Waals surface area contributed by atoms with Crippen LogP contribution in [0.3, 0.4) is 0 Å². The third kappa shape index (κ3) is 4.49. The van der Waals surface area contributed by atoms with Crippen LogP contribution < -0.4 is 73.2 Å². The third-order valence-corrected chi connectivity index (χ3v) is 6.05. The first kappa shape index (κ1) is 30.3. The second kappa shape index (κ2) is 11.1. The molecule has 0 unspecified atom stereocenters. The van der Waals surface area contributed by atoms with Gasteiger partial charge in [-0.15, -0.1) is 21.9 Å². The fraction of sp³-hybridized carbons (Fsp3) is 0. The summed E-state index contributed by atoms with van der Waals surface area (Å²) in [6, 6.07) is 0.641. The van der Waals surface area contributed by atoms with Gasteiger partial charge in [-0.05, 0) is 48.5 Å². The summed E-state index contributed by atoms with van der Waals surface area (Å²) in [6.45, 7) is 0. The summed E-state index contributed by atoms with van der Waals surface area (Å²) in [7, 11) is 0. The normalized spacial score (nSPS) is 11.5. The summed E-state index contributed by atoms with van der Waals surface area (Å²) in [4.78, 5) is 0. The maximum absolute atomic E-state index is 15.3. The predicted octanol–water partition coefficient (Wildman–Crippen LogP) is 1.74. The van der Waals surface area contributed by atoms with Crippen LogP contribution in [0.25, 0.3) is 0 Å². The molecule has 0 aromatic heterocycles. The molecule has 0 fully saturated rings. The van der Waals surface area contributed by atoms with Gasteiger partial charge < -0.3 is 0 Å². The topological polar surface area (TPSA) is 0 Å². The van der Waals surface area contributed by atoms with Crippen molar-refractivity contribution < 1.29 is 104 Å². The van der Waals surface area contributed by atoms with Crippen LogP contribution in [0.15, 0.2) is 48.5 Å². The minimum absolute atomic E-state index is 0. The Morgan fingerprint density at radius 2 is 0.447 bits per heavy atom.